The number of unbranched alkanes of at least 4 members (excludes halogenated alkanes) is 1. The van der Waals surface area contributed by atoms with Crippen molar-refractivity contribution in [2.24, 2.45) is 0 Å². The number of fused-ring (bicyclic) bond motifs is 2. The zero-order valence-corrected chi connectivity index (χ0v) is 15.4. The Morgan fingerprint density at radius 2 is 2.22 bits per heavy atom. The van der Waals surface area contributed by atoms with Crippen LogP contribution in [-0.2, 0) is 19.6 Å². The summed E-state index contributed by atoms with van der Waals surface area (Å²) in [5, 5.41) is 7.95. The molecule has 0 spiro atoms. The highest BCUT2D eigenvalue weighted by Crippen LogP contribution is 2.22. The summed E-state index contributed by atoms with van der Waals surface area (Å²) in [6, 6.07) is 8.21. The molecule has 0 saturated carbocycles. The molecule has 1 N–H and O–H groups in total. The first-order valence-electron chi connectivity index (χ1n) is 9.38. The van der Waals surface area contributed by atoms with E-state index in [2.05, 4.69) is 22.2 Å². The summed E-state index contributed by atoms with van der Waals surface area (Å²) in [6.45, 7) is 6.39. The molecule has 6 nitrogen and oxygen atoms in total. The monoisotopic (exact) mass is 370 g/mol. The maximum Gasteiger partial charge on any atom is 0.287 e. The number of amides is 1. The maximum absolute atomic E-state index is 13.7. The Labute approximate surface area is 156 Å². The van der Waals surface area contributed by atoms with Crippen molar-refractivity contribution in [2.75, 3.05) is 13.1 Å². The van der Waals surface area contributed by atoms with Crippen molar-refractivity contribution in [1.82, 2.24) is 20.0 Å². The molecule has 2 aromatic heterocycles. The lowest BCUT2D eigenvalue weighted by Gasteiger charge is -2.27. The number of nitrogens with zero attached hydrogens (tertiary/aromatic N) is 3. The molecule has 7 heteroatoms. The van der Waals surface area contributed by atoms with Crippen LogP contribution >= 0.6 is 0 Å². The molecule has 0 bridgehead atoms. The van der Waals surface area contributed by atoms with Crippen LogP contribution in [0.25, 0.3) is 11.0 Å². The van der Waals surface area contributed by atoms with E-state index >= 15 is 0 Å². The molecule has 0 radical (unpaired) electrons. The van der Waals surface area contributed by atoms with Gasteiger partial charge in [-0.05, 0) is 31.2 Å². The predicted molar refractivity (Wildman–Crippen MR) is 99.8 cm³/mol. The van der Waals surface area contributed by atoms with Gasteiger partial charge in [0.15, 0.2) is 17.2 Å². The van der Waals surface area contributed by atoms with Gasteiger partial charge in [0.2, 0.25) is 0 Å². The van der Waals surface area contributed by atoms with E-state index in [1.54, 1.807) is 18.2 Å². The van der Waals surface area contributed by atoms with Gasteiger partial charge in [-0.2, -0.15) is 5.10 Å². The number of halogens is 1. The first-order chi connectivity index (χ1) is 13.1. The molecule has 4 rings (SSSR count). The van der Waals surface area contributed by atoms with Gasteiger partial charge in [0.25, 0.3) is 5.91 Å². The number of rotatable bonds is 6. The summed E-state index contributed by atoms with van der Waals surface area (Å²) in [4.78, 5) is 14.8. The molecule has 1 aliphatic rings. The molecule has 0 unspecified atom stereocenters. The molecule has 1 amide bonds. The van der Waals surface area contributed by atoms with E-state index < -0.39 is 5.82 Å². The van der Waals surface area contributed by atoms with Gasteiger partial charge in [0.1, 0.15) is 0 Å². The average molecular weight is 370 g/mol. The third-order valence-electron chi connectivity index (χ3n) is 4.91. The van der Waals surface area contributed by atoms with Crippen molar-refractivity contribution in [1.29, 1.82) is 0 Å². The number of hydrogen-bond donors (Lipinski definition) is 1. The minimum absolute atomic E-state index is 0.102. The van der Waals surface area contributed by atoms with Crippen molar-refractivity contribution in [3.8, 4) is 0 Å². The minimum atomic E-state index is -0.471. The normalized spacial score (nSPS) is 14.4. The SMILES string of the molecule is CCCCN1CCn2nc(CNC(=O)c3cc4cccc(F)c4o3)cc2C1. The van der Waals surface area contributed by atoms with Crippen molar-refractivity contribution in [2.45, 2.75) is 39.4 Å². The highest BCUT2D eigenvalue weighted by atomic mass is 19.1. The van der Waals surface area contributed by atoms with E-state index in [-0.39, 0.29) is 17.3 Å². The zero-order chi connectivity index (χ0) is 18.8. The Morgan fingerprint density at radius 1 is 1.33 bits per heavy atom. The van der Waals surface area contributed by atoms with Crippen molar-refractivity contribution in [3.05, 3.63) is 53.3 Å². The fourth-order valence-electron chi connectivity index (χ4n) is 3.44. The second kappa shape index (κ2) is 7.52. The van der Waals surface area contributed by atoms with Crippen LogP contribution in [0.4, 0.5) is 4.39 Å². The lowest BCUT2D eigenvalue weighted by Crippen LogP contribution is -2.34. The number of benzene rings is 1. The topological polar surface area (TPSA) is 63.3 Å². The molecule has 3 heterocycles. The van der Waals surface area contributed by atoms with E-state index in [1.807, 2.05) is 10.7 Å². The zero-order valence-electron chi connectivity index (χ0n) is 15.4. The minimum Gasteiger partial charge on any atom is -0.448 e. The summed E-state index contributed by atoms with van der Waals surface area (Å²) in [7, 11) is 0. The second-order valence-electron chi connectivity index (χ2n) is 6.93. The number of nitrogens with one attached hydrogen (secondary N) is 1. The number of carbonyl (C=O) groups is 1. The highest BCUT2D eigenvalue weighted by Gasteiger charge is 2.19. The number of aromatic nitrogens is 2. The number of para-hydroxylation sites is 1. The van der Waals surface area contributed by atoms with Gasteiger partial charge in [0.05, 0.1) is 24.5 Å². The average Bonchev–Trinajstić information content (AvgIpc) is 3.28. The summed E-state index contributed by atoms with van der Waals surface area (Å²) < 4.78 is 21.1. The van der Waals surface area contributed by atoms with Gasteiger partial charge in [-0.15, -0.1) is 0 Å². The Hall–Kier alpha value is -2.67. The van der Waals surface area contributed by atoms with Gasteiger partial charge < -0.3 is 9.73 Å². The maximum atomic E-state index is 13.7. The van der Waals surface area contributed by atoms with Gasteiger partial charge >= 0.3 is 0 Å². The van der Waals surface area contributed by atoms with Crippen LogP contribution in [0.2, 0.25) is 0 Å². The summed E-state index contributed by atoms with van der Waals surface area (Å²) in [5.41, 5.74) is 2.10. The van der Waals surface area contributed by atoms with Crippen LogP contribution in [-0.4, -0.2) is 33.7 Å². The van der Waals surface area contributed by atoms with Gasteiger partial charge in [-0.25, -0.2) is 4.39 Å². The fourth-order valence-corrected chi connectivity index (χ4v) is 3.44. The fraction of sp³-hybridized carbons (Fsp3) is 0.400. The molecule has 3 aromatic rings. The number of furan rings is 1. The van der Waals surface area contributed by atoms with Crippen LogP contribution in [0.3, 0.4) is 0 Å². The molecule has 1 aromatic carbocycles. The quantitative estimate of drug-likeness (QED) is 0.723. The van der Waals surface area contributed by atoms with E-state index in [1.165, 1.54) is 24.6 Å². The van der Waals surface area contributed by atoms with Crippen LogP contribution < -0.4 is 5.32 Å². The molecular formula is C20H23FN4O2. The standard InChI is InChI=1S/C20H23FN4O2/c1-2-3-7-24-8-9-25-16(13-24)11-15(23-25)12-22-20(26)18-10-14-5-4-6-17(21)19(14)27-18/h4-6,10-11H,2-3,7-9,12-13H2,1H3,(H,22,26). The third kappa shape index (κ3) is 3.73. The molecule has 0 atom stereocenters. The number of carbonyl (C=O) groups excluding carboxylic acids is 1. The van der Waals surface area contributed by atoms with Crippen molar-refractivity contribution in [3.63, 3.8) is 0 Å². The van der Waals surface area contributed by atoms with Crippen molar-refractivity contribution < 1.29 is 13.6 Å². The highest BCUT2D eigenvalue weighted by molar-refractivity contribution is 5.96. The Kier molecular flexibility index (Phi) is 4.94. The van der Waals surface area contributed by atoms with Gasteiger partial charge in [0, 0.05) is 18.5 Å². The van der Waals surface area contributed by atoms with Crippen molar-refractivity contribution >= 4 is 16.9 Å². The molecule has 27 heavy (non-hydrogen) atoms. The molecular weight excluding hydrogens is 347 g/mol. The second-order valence-corrected chi connectivity index (χ2v) is 6.93. The van der Waals surface area contributed by atoms with Crippen LogP contribution in [0.5, 0.6) is 0 Å². The van der Waals surface area contributed by atoms with Crippen LogP contribution in [0.1, 0.15) is 41.7 Å². The lowest BCUT2D eigenvalue weighted by molar-refractivity contribution is 0.0924. The number of hydrogen-bond acceptors (Lipinski definition) is 4. The Morgan fingerprint density at radius 3 is 3.04 bits per heavy atom. The summed E-state index contributed by atoms with van der Waals surface area (Å²) in [5.74, 6) is -0.744. The first kappa shape index (κ1) is 17.7. The van der Waals surface area contributed by atoms with Crippen LogP contribution in [0, 0.1) is 5.82 Å². The van der Waals surface area contributed by atoms with E-state index in [9.17, 15) is 9.18 Å². The van der Waals surface area contributed by atoms with Gasteiger partial charge in [-0.3, -0.25) is 14.4 Å². The van der Waals surface area contributed by atoms with Crippen LogP contribution in [0.15, 0.2) is 34.7 Å². The largest absolute Gasteiger partial charge is 0.448 e. The van der Waals surface area contributed by atoms with E-state index in [4.69, 9.17) is 4.42 Å². The molecule has 0 aliphatic carbocycles. The molecule has 0 fully saturated rings. The smallest absolute Gasteiger partial charge is 0.287 e. The molecule has 0 saturated heterocycles. The van der Waals surface area contributed by atoms with E-state index in [0.29, 0.717) is 11.9 Å². The summed E-state index contributed by atoms with van der Waals surface area (Å²) >= 11 is 0. The first-order valence-corrected chi connectivity index (χ1v) is 9.38. The van der Waals surface area contributed by atoms with Gasteiger partial charge in [-0.1, -0.05) is 25.5 Å². The summed E-state index contributed by atoms with van der Waals surface area (Å²) in [6.07, 6.45) is 2.40. The molecule has 1 aliphatic heterocycles. The Bertz CT molecular complexity index is 962. The van der Waals surface area contributed by atoms with E-state index in [0.717, 1.165) is 31.9 Å². The Balaban J connectivity index is 1.39. The third-order valence-corrected chi connectivity index (χ3v) is 4.91. The molecule has 142 valence electrons. The predicted octanol–water partition coefficient (Wildman–Crippen LogP) is 3.31. The lowest BCUT2D eigenvalue weighted by atomic mass is 10.2.